The molecule has 0 radical (unpaired) electrons. The quantitative estimate of drug-likeness (QED) is 0.162. The van der Waals surface area contributed by atoms with E-state index in [0.29, 0.717) is 0 Å². The van der Waals surface area contributed by atoms with Crippen molar-refractivity contribution in [3.05, 3.63) is 212 Å². The second-order valence-electron chi connectivity index (χ2n) is 14.5. The summed E-state index contributed by atoms with van der Waals surface area (Å²) in [5.41, 5.74) is 8.17. The summed E-state index contributed by atoms with van der Waals surface area (Å²) in [6.07, 6.45) is 0. The van der Waals surface area contributed by atoms with Crippen molar-refractivity contribution < 1.29 is 0 Å². The number of rotatable bonds is 5. The molecule has 11 rings (SSSR count). The van der Waals surface area contributed by atoms with Crippen LogP contribution in [0.4, 0.5) is 17.1 Å². The van der Waals surface area contributed by atoms with Gasteiger partial charge in [0.1, 0.15) is 0 Å². The fraction of sp³-hybridized carbons (Fsp3) is 0. The van der Waals surface area contributed by atoms with E-state index in [1.807, 2.05) is 0 Å². The Labute approximate surface area is 320 Å². The monoisotopic (exact) mass is 697 g/mol. The lowest BCUT2D eigenvalue weighted by atomic mass is 9.92. The van der Waals surface area contributed by atoms with Crippen molar-refractivity contribution in [2.75, 3.05) is 4.90 Å². The molecule has 0 aliphatic rings. The van der Waals surface area contributed by atoms with E-state index in [-0.39, 0.29) is 0 Å². The first-order chi connectivity index (χ1) is 27.3. The highest BCUT2D eigenvalue weighted by Crippen LogP contribution is 2.43. The normalized spacial score (nSPS) is 11.6. The van der Waals surface area contributed by atoms with Crippen LogP contribution in [0.3, 0.4) is 0 Å². The van der Waals surface area contributed by atoms with Crippen molar-refractivity contribution in [3.8, 4) is 22.3 Å². The summed E-state index contributed by atoms with van der Waals surface area (Å²) in [6, 6.07) is 78.0. The second kappa shape index (κ2) is 12.7. The molecule has 0 saturated carbocycles. The SMILES string of the molecule is c1cc(-c2cc3ccccc3c3ccccc23)cc(N(c2cccc(-c3cc4ccccc4c4ccccc34)c2)c2ccc3c(ccc4ccccc43)c2)c1. The summed E-state index contributed by atoms with van der Waals surface area (Å²) in [5, 5.41) is 15.1. The van der Waals surface area contributed by atoms with Gasteiger partial charge in [0.25, 0.3) is 0 Å². The molecule has 0 spiro atoms. The third-order valence-electron chi connectivity index (χ3n) is 11.4. The number of hydrogen-bond donors (Lipinski definition) is 0. The molecule has 0 saturated heterocycles. The van der Waals surface area contributed by atoms with Gasteiger partial charge in [-0.3, -0.25) is 0 Å². The summed E-state index contributed by atoms with van der Waals surface area (Å²) >= 11 is 0. The van der Waals surface area contributed by atoms with Crippen LogP contribution < -0.4 is 4.90 Å². The molecule has 0 aliphatic carbocycles. The Kier molecular flexibility index (Phi) is 7.25. The van der Waals surface area contributed by atoms with E-state index in [9.17, 15) is 0 Å². The summed E-state index contributed by atoms with van der Waals surface area (Å²) in [7, 11) is 0. The molecule has 11 aromatic carbocycles. The molecule has 1 heteroatoms. The number of anilines is 3. The Balaban J connectivity index is 1.13. The minimum Gasteiger partial charge on any atom is -0.310 e. The minimum atomic E-state index is 1.11. The van der Waals surface area contributed by atoms with Gasteiger partial charge in [0.2, 0.25) is 0 Å². The molecule has 0 atom stereocenters. The molecule has 0 unspecified atom stereocenters. The zero-order chi connectivity index (χ0) is 36.3. The highest BCUT2D eigenvalue weighted by Gasteiger charge is 2.18. The molecule has 0 amide bonds. The number of nitrogens with zero attached hydrogens (tertiary/aromatic N) is 1. The van der Waals surface area contributed by atoms with Crippen molar-refractivity contribution in [2.45, 2.75) is 0 Å². The van der Waals surface area contributed by atoms with Gasteiger partial charge in [0.05, 0.1) is 0 Å². The van der Waals surface area contributed by atoms with E-state index < -0.39 is 0 Å². The minimum absolute atomic E-state index is 1.11. The maximum atomic E-state index is 2.42. The van der Waals surface area contributed by atoms with E-state index in [2.05, 4.69) is 217 Å². The molecular formula is C54H35N. The first kappa shape index (κ1) is 31.3. The van der Waals surface area contributed by atoms with Gasteiger partial charge in [-0.25, -0.2) is 0 Å². The third kappa shape index (κ3) is 5.24. The van der Waals surface area contributed by atoms with Crippen molar-refractivity contribution in [1.29, 1.82) is 0 Å². The molecule has 0 aromatic heterocycles. The van der Waals surface area contributed by atoms with E-state index in [0.717, 1.165) is 17.1 Å². The Morgan fingerprint density at radius 2 is 0.600 bits per heavy atom. The van der Waals surface area contributed by atoms with E-state index in [1.54, 1.807) is 0 Å². The Morgan fingerprint density at radius 1 is 0.218 bits per heavy atom. The zero-order valence-corrected chi connectivity index (χ0v) is 30.2. The van der Waals surface area contributed by atoms with Gasteiger partial charge < -0.3 is 4.90 Å². The van der Waals surface area contributed by atoms with Crippen LogP contribution in [0, 0.1) is 0 Å². The topological polar surface area (TPSA) is 3.24 Å². The molecule has 55 heavy (non-hydrogen) atoms. The second-order valence-corrected chi connectivity index (χ2v) is 14.5. The number of fused-ring (bicyclic) bond motifs is 9. The molecule has 1 nitrogen and oxygen atoms in total. The largest absolute Gasteiger partial charge is 0.310 e. The van der Waals surface area contributed by atoms with Crippen molar-refractivity contribution in [2.24, 2.45) is 0 Å². The summed E-state index contributed by atoms with van der Waals surface area (Å²) in [4.78, 5) is 2.42. The highest BCUT2D eigenvalue weighted by atomic mass is 15.1. The fourth-order valence-corrected chi connectivity index (χ4v) is 8.80. The lowest BCUT2D eigenvalue weighted by Gasteiger charge is -2.27. The molecule has 0 aliphatic heterocycles. The van der Waals surface area contributed by atoms with E-state index in [4.69, 9.17) is 0 Å². The molecule has 0 fully saturated rings. The van der Waals surface area contributed by atoms with Crippen LogP contribution >= 0.6 is 0 Å². The number of benzene rings is 11. The lowest BCUT2D eigenvalue weighted by Crippen LogP contribution is -2.10. The van der Waals surface area contributed by atoms with Gasteiger partial charge in [-0.1, -0.05) is 164 Å². The van der Waals surface area contributed by atoms with Crippen LogP contribution in [0.2, 0.25) is 0 Å². The summed E-state index contributed by atoms with van der Waals surface area (Å²) in [5.74, 6) is 0. The lowest BCUT2D eigenvalue weighted by molar-refractivity contribution is 1.29. The molecular weight excluding hydrogens is 663 g/mol. The molecule has 0 heterocycles. The van der Waals surface area contributed by atoms with Gasteiger partial charge in [0, 0.05) is 17.1 Å². The first-order valence-electron chi connectivity index (χ1n) is 19.0. The van der Waals surface area contributed by atoms with Gasteiger partial charge in [-0.2, -0.15) is 0 Å². The Bertz CT molecular complexity index is 3120. The van der Waals surface area contributed by atoms with E-state index in [1.165, 1.54) is 86.9 Å². The molecule has 256 valence electrons. The third-order valence-corrected chi connectivity index (χ3v) is 11.4. The highest BCUT2D eigenvalue weighted by molar-refractivity contribution is 6.15. The smallest absolute Gasteiger partial charge is 0.0468 e. The average molecular weight is 698 g/mol. The van der Waals surface area contributed by atoms with Crippen molar-refractivity contribution in [1.82, 2.24) is 0 Å². The molecule has 11 aromatic rings. The summed E-state index contributed by atoms with van der Waals surface area (Å²) in [6.45, 7) is 0. The Hall–Kier alpha value is -7.22. The summed E-state index contributed by atoms with van der Waals surface area (Å²) < 4.78 is 0. The Morgan fingerprint density at radius 3 is 1.15 bits per heavy atom. The number of hydrogen-bond acceptors (Lipinski definition) is 1. The maximum absolute atomic E-state index is 2.42. The van der Waals surface area contributed by atoms with Crippen LogP contribution in [0.1, 0.15) is 0 Å². The van der Waals surface area contributed by atoms with Crippen LogP contribution in [-0.2, 0) is 0 Å². The van der Waals surface area contributed by atoms with Crippen LogP contribution in [0.5, 0.6) is 0 Å². The van der Waals surface area contributed by atoms with Crippen molar-refractivity contribution >= 4 is 81.7 Å². The van der Waals surface area contributed by atoms with Gasteiger partial charge >= 0.3 is 0 Å². The molecule has 0 N–H and O–H groups in total. The standard InChI is InChI=1S/C54H35N/c1-4-20-45-36(13-1)27-28-41-33-44(29-30-48(41)45)55(42-18-11-16-37(31-42)53-34-39-14-2-5-21-46(39)49-23-7-9-25-51(49)53)43-19-12-17-38(32-43)54-35-40-15-3-6-22-47(40)50-24-8-10-26-52(50)54/h1-35H. The van der Waals surface area contributed by atoms with Gasteiger partial charge in [-0.15, -0.1) is 0 Å². The van der Waals surface area contributed by atoms with Crippen LogP contribution in [-0.4, -0.2) is 0 Å². The van der Waals surface area contributed by atoms with Crippen LogP contribution in [0.25, 0.3) is 86.9 Å². The predicted molar refractivity (Wildman–Crippen MR) is 237 cm³/mol. The zero-order valence-electron chi connectivity index (χ0n) is 30.2. The molecule has 0 bridgehead atoms. The van der Waals surface area contributed by atoms with Crippen LogP contribution in [0.15, 0.2) is 212 Å². The first-order valence-corrected chi connectivity index (χ1v) is 19.0. The predicted octanol–water partition coefficient (Wildman–Crippen LogP) is 15.4. The van der Waals surface area contributed by atoms with Crippen molar-refractivity contribution in [3.63, 3.8) is 0 Å². The van der Waals surface area contributed by atoms with Gasteiger partial charge in [-0.05, 0) is 135 Å². The van der Waals surface area contributed by atoms with E-state index >= 15 is 0 Å². The fourth-order valence-electron chi connectivity index (χ4n) is 8.80. The maximum Gasteiger partial charge on any atom is 0.0468 e. The van der Waals surface area contributed by atoms with Gasteiger partial charge in [0.15, 0.2) is 0 Å². The average Bonchev–Trinajstić information content (AvgIpc) is 3.26.